The van der Waals surface area contributed by atoms with Gasteiger partial charge < -0.3 is 15.2 Å². The molecule has 1 spiro atoms. The highest BCUT2D eigenvalue weighted by molar-refractivity contribution is 6.08. The van der Waals surface area contributed by atoms with Crippen LogP contribution in [0.1, 0.15) is 41.6 Å². The number of urea groups is 1. The van der Waals surface area contributed by atoms with Gasteiger partial charge in [-0.25, -0.2) is 4.79 Å². The van der Waals surface area contributed by atoms with Crippen LogP contribution in [-0.2, 0) is 10.2 Å². The van der Waals surface area contributed by atoms with Crippen molar-refractivity contribution in [2.45, 2.75) is 48.3 Å². The number of Topliss-reactive ketones (excluding diaryl/α,β-unsaturated/α-hetero) is 1. The van der Waals surface area contributed by atoms with E-state index in [4.69, 9.17) is 4.74 Å². The normalized spacial score (nSPS) is 39.2. The number of aliphatic hydroxyl groups is 1. The van der Waals surface area contributed by atoms with Crippen molar-refractivity contribution in [2.75, 3.05) is 20.7 Å². The van der Waals surface area contributed by atoms with Crippen LogP contribution >= 0.6 is 0 Å². The Morgan fingerprint density at radius 3 is 2.68 bits per heavy atom. The molecule has 2 aliphatic carbocycles. The molecule has 3 N–H and O–H groups in total. The third kappa shape index (κ3) is 1.89. The van der Waals surface area contributed by atoms with Crippen molar-refractivity contribution in [1.82, 2.24) is 15.5 Å². The number of rotatable bonds is 1. The van der Waals surface area contributed by atoms with Crippen LogP contribution < -0.4 is 15.4 Å². The number of piperidine rings is 1. The molecule has 1 saturated carbocycles. The fourth-order valence-electron chi connectivity index (χ4n) is 6.08. The minimum atomic E-state index is -1.31. The number of carbonyl (C=O) groups is 3. The SMILES string of the molecule is COc1ccc2c(c1)C13CCN(C)[C@H](C2=O)[C@]1(O)CC[C@@]1(C3)NC(=O)NC1=O. The molecule has 1 aromatic rings. The number of methoxy groups -OCH3 is 1. The van der Waals surface area contributed by atoms with E-state index in [1.54, 1.807) is 19.2 Å². The molecule has 2 bridgehead atoms. The molecule has 1 unspecified atom stereocenters. The summed E-state index contributed by atoms with van der Waals surface area (Å²) in [7, 11) is 3.41. The molecule has 1 aromatic carbocycles. The number of nitrogens with zero attached hydrogens (tertiary/aromatic N) is 1. The highest BCUT2D eigenvalue weighted by atomic mass is 16.5. The molecule has 0 radical (unpaired) electrons. The molecule has 8 nitrogen and oxygen atoms in total. The average molecular weight is 385 g/mol. The Labute approximate surface area is 162 Å². The second kappa shape index (κ2) is 5.33. The van der Waals surface area contributed by atoms with Gasteiger partial charge in [0.2, 0.25) is 0 Å². The van der Waals surface area contributed by atoms with Crippen molar-refractivity contribution < 1.29 is 24.2 Å². The second-order valence-electron chi connectivity index (χ2n) is 8.58. The summed E-state index contributed by atoms with van der Waals surface area (Å²) in [5, 5.41) is 17.1. The summed E-state index contributed by atoms with van der Waals surface area (Å²) in [6, 6.07) is 4.14. The van der Waals surface area contributed by atoms with Gasteiger partial charge in [-0.15, -0.1) is 0 Å². The van der Waals surface area contributed by atoms with Crippen molar-refractivity contribution in [3.63, 3.8) is 0 Å². The minimum Gasteiger partial charge on any atom is -0.497 e. The zero-order valence-electron chi connectivity index (χ0n) is 15.9. The summed E-state index contributed by atoms with van der Waals surface area (Å²) in [6.07, 6.45) is 1.37. The monoisotopic (exact) mass is 385 g/mol. The Balaban J connectivity index is 1.76. The molecular weight excluding hydrogens is 362 g/mol. The van der Waals surface area contributed by atoms with E-state index in [1.807, 2.05) is 18.0 Å². The number of carbonyl (C=O) groups excluding carboxylic acids is 3. The molecular formula is C20H23N3O5. The van der Waals surface area contributed by atoms with Gasteiger partial charge in [-0.2, -0.15) is 0 Å². The Hall–Kier alpha value is -2.45. The van der Waals surface area contributed by atoms with Crippen LogP contribution in [0.15, 0.2) is 18.2 Å². The van der Waals surface area contributed by atoms with Crippen molar-refractivity contribution >= 4 is 17.7 Å². The molecule has 2 heterocycles. The lowest BCUT2D eigenvalue weighted by molar-refractivity contribution is -0.163. The number of ether oxygens (including phenoxy) is 1. The second-order valence-corrected chi connectivity index (χ2v) is 8.58. The van der Waals surface area contributed by atoms with Gasteiger partial charge in [0, 0.05) is 11.0 Å². The predicted molar refractivity (Wildman–Crippen MR) is 98.2 cm³/mol. The molecule has 3 amide bonds. The molecule has 4 atom stereocenters. The lowest BCUT2D eigenvalue weighted by Crippen LogP contribution is -2.77. The smallest absolute Gasteiger partial charge is 0.322 e. The van der Waals surface area contributed by atoms with Crippen molar-refractivity contribution in [3.8, 4) is 5.75 Å². The molecule has 2 saturated heterocycles. The Kier molecular flexibility index (Phi) is 3.36. The largest absolute Gasteiger partial charge is 0.497 e. The fraction of sp³-hybridized carbons (Fsp3) is 0.550. The maximum atomic E-state index is 13.3. The first-order valence-corrected chi connectivity index (χ1v) is 9.55. The van der Waals surface area contributed by atoms with Crippen molar-refractivity contribution in [2.24, 2.45) is 0 Å². The van der Waals surface area contributed by atoms with E-state index in [-0.39, 0.29) is 24.5 Å². The van der Waals surface area contributed by atoms with E-state index >= 15 is 0 Å². The molecule has 0 aromatic heterocycles. The van der Waals surface area contributed by atoms with E-state index in [0.717, 1.165) is 5.56 Å². The molecule has 2 aliphatic heterocycles. The summed E-state index contributed by atoms with van der Waals surface area (Å²) in [6.45, 7) is 0.612. The first-order chi connectivity index (χ1) is 13.3. The summed E-state index contributed by atoms with van der Waals surface area (Å²) in [5.74, 6) is 0.139. The molecule has 3 fully saturated rings. The maximum absolute atomic E-state index is 13.3. The number of imide groups is 1. The van der Waals surface area contributed by atoms with Gasteiger partial charge in [0.25, 0.3) is 5.91 Å². The van der Waals surface area contributed by atoms with Crippen molar-refractivity contribution in [1.29, 1.82) is 0 Å². The van der Waals surface area contributed by atoms with Crippen LogP contribution in [0.5, 0.6) is 5.75 Å². The molecule has 148 valence electrons. The highest BCUT2D eigenvalue weighted by Crippen LogP contribution is 2.60. The van der Waals surface area contributed by atoms with Crippen LogP contribution in [0.2, 0.25) is 0 Å². The number of amides is 3. The van der Waals surface area contributed by atoms with Gasteiger partial charge in [-0.1, -0.05) is 0 Å². The van der Waals surface area contributed by atoms with Gasteiger partial charge in [-0.3, -0.25) is 19.8 Å². The third-order valence-corrected chi connectivity index (χ3v) is 7.42. The quantitative estimate of drug-likeness (QED) is 0.601. The van der Waals surface area contributed by atoms with E-state index in [1.165, 1.54) is 0 Å². The summed E-state index contributed by atoms with van der Waals surface area (Å²) in [4.78, 5) is 39.8. The van der Waals surface area contributed by atoms with Gasteiger partial charge in [-0.05, 0) is 63.0 Å². The van der Waals surface area contributed by atoms with Crippen molar-refractivity contribution in [3.05, 3.63) is 29.3 Å². The fourth-order valence-corrected chi connectivity index (χ4v) is 6.08. The van der Waals surface area contributed by atoms with Gasteiger partial charge in [0.05, 0.1) is 12.7 Å². The first kappa shape index (κ1) is 17.6. The number of hydrogen-bond donors (Lipinski definition) is 3. The number of fused-ring (bicyclic) bond motifs is 1. The number of benzene rings is 1. The lowest BCUT2D eigenvalue weighted by Gasteiger charge is -2.64. The van der Waals surface area contributed by atoms with E-state index in [9.17, 15) is 19.5 Å². The van der Waals surface area contributed by atoms with Gasteiger partial charge >= 0.3 is 6.03 Å². The molecule has 5 rings (SSSR count). The lowest BCUT2D eigenvalue weighted by atomic mass is 9.46. The Morgan fingerprint density at radius 1 is 1.21 bits per heavy atom. The maximum Gasteiger partial charge on any atom is 0.322 e. The topological polar surface area (TPSA) is 108 Å². The third-order valence-electron chi connectivity index (χ3n) is 7.42. The molecule has 4 aliphatic rings. The van der Waals surface area contributed by atoms with Crippen LogP contribution in [0.3, 0.4) is 0 Å². The predicted octanol–water partition coefficient (Wildman–Crippen LogP) is 0.327. The standard InChI is InChI=1S/C20H23N3O5/c1-23-8-7-18-10-19(16(25)21-17(26)22-19)5-6-20(18,27)15(23)14(24)12-4-3-11(28-2)9-13(12)18/h3-4,9,15,27H,5-8,10H2,1-2H3,(H2,21,22,25,26)/t15-,18?,19+,20-/m1/s1. The van der Waals surface area contributed by atoms with Gasteiger partial charge in [0.15, 0.2) is 5.78 Å². The average Bonchev–Trinajstić information content (AvgIpc) is 2.94. The van der Waals surface area contributed by atoms with Gasteiger partial charge in [0.1, 0.15) is 17.3 Å². The Morgan fingerprint density at radius 2 is 2.00 bits per heavy atom. The number of ketones is 1. The van der Waals surface area contributed by atoms with Crippen LogP contribution in [0, 0.1) is 0 Å². The first-order valence-electron chi connectivity index (χ1n) is 9.55. The van der Waals surface area contributed by atoms with E-state index in [0.29, 0.717) is 30.7 Å². The summed E-state index contributed by atoms with van der Waals surface area (Å²) >= 11 is 0. The number of nitrogens with one attached hydrogen (secondary N) is 2. The van der Waals surface area contributed by atoms with E-state index in [2.05, 4.69) is 10.6 Å². The Bertz CT molecular complexity index is 932. The number of likely N-dealkylation sites (N-methyl/N-ethyl adjacent to an activating group) is 1. The summed E-state index contributed by atoms with van der Waals surface area (Å²) < 4.78 is 5.39. The number of likely N-dealkylation sites (tertiary alicyclic amines) is 1. The van der Waals surface area contributed by atoms with Crippen LogP contribution in [0.4, 0.5) is 4.79 Å². The van der Waals surface area contributed by atoms with Crippen LogP contribution in [0.25, 0.3) is 0 Å². The zero-order chi connectivity index (χ0) is 19.9. The minimum absolute atomic E-state index is 0.103. The summed E-state index contributed by atoms with van der Waals surface area (Å²) in [5.41, 5.74) is -1.92. The highest BCUT2D eigenvalue weighted by Gasteiger charge is 2.71. The number of hydrogen-bond acceptors (Lipinski definition) is 6. The zero-order valence-corrected chi connectivity index (χ0v) is 15.9. The van der Waals surface area contributed by atoms with E-state index < -0.39 is 28.6 Å². The molecule has 8 heteroatoms. The van der Waals surface area contributed by atoms with Crippen LogP contribution in [-0.4, -0.2) is 65.6 Å². The molecule has 28 heavy (non-hydrogen) atoms.